The molecule has 0 fully saturated rings. The minimum Gasteiger partial charge on any atom is -0.229 e. The fourth-order valence-corrected chi connectivity index (χ4v) is 1.67. The molecule has 0 aliphatic heterocycles. The molecule has 0 amide bonds. The summed E-state index contributed by atoms with van der Waals surface area (Å²) >= 11 is 1.67. The van der Waals surface area contributed by atoms with Gasteiger partial charge in [0.2, 0.25) is 5.13 Å². The van der Waals surface area contributed by atoms with E-state index < -0.39 is 0 Å². The van der Waals surface area contributed by atoms with E-state index in [0.717, 1.165) is 10.8 Å². The molecule has 0 aromatic carbocycles. The van der Waals surface area contributed by atoms with Crippen LogP contribution < -0.4 is 0 Å². The summed E-state index contributed by atoms with van der Waals surface area (Å²) in [5, 5.41) is 0.874. The molecule has 1 rings (SSSR count). The van der Waals surface area contributed by atoms with Crippen molar-refractivity contribution in [2.45, 2.75) is 33.6 Å². The maximum Gasteiger partial charge on any atom is 0.209 e. The third kappa shape index (κ3) is 2.41. The standard InChI is InChI=1S/C9H14N2S/c1-6(2)8-5-10-9(12-8)11-7(3)4/h5-6H,1-4H3. The van der Waals surface area contributed by atoms with Crippen molar-refractivity contribution in [1.29, 1.82) is 0 Å². The molecule has 66 valence electrons. The van der Waals surface area contributed by atoms with Gasteiger partial charge in [-0.05, 0) is 19.8 Å². The Morgan fingerprint density at radius 2 is 2.17 bits per heavy atom. The van der Waals surface area contributed by atoms with Crippen LogP contribution in [0.15, 0.2) is 11.2 Å². The molecule has 1 aromatic rings. The second kappa shape index (κ2) is 3.81. The second-order valence-corrected chi connectivity index (χ2v) is 4.30. The van der Waals surface area contributed by atoms with E-state index in [1.807, 2.05) is 20.0 Å². The fraction of sp³-hybridized carbons (Fsp3) is 0.556. The first-order valence-corrected chi connectivity index (χ1v) is 4.89. The number of rotatable bonds is 2. The van der Waals surface area contributed by atoms with Gasteiger partial charge in [0.25, 0.3) is 0 Å². The summed E-state index contributed by atoms with van der Waals surface area (Å²) in [6, 6.07) is 0. The van der Waals surface area contributed by atoms with Gasteiger partial charge in [-0.1, -0.05) is 25.2 Å². The molecule has 3 heteroatoms. The van der Waals surface area contributed by atoms with Crippen LogP contribution in [-0.4, -0.2) is 10.7 Å². The third-order valence-corrected chi connectivity index (χ3v) is 2.59. The zero-order chi connectivity index (χ0) is 9.14. The number of nitrogens with zero attached hydrogens (tertiary/aromatic N) is 2. The van der Waals surface area contributed by atoms with Crippen LogP contribution in [0.5, 0.6) is 0 Å². The van der Waals surface area contributed by atoms with Crippen LogP contribution in [0.4, 0.5) is 5.13 Å². The quantitative estimate of drug-likeness (QED) is 0.644. The second-order valence-electron chi connectivity index (χ2n) is 3.26. The van der Waals surface area contributed by atoms with Gasteiger partial charge < -0.3 is 0 Å². The Labute approximate surface area is 77.4 Å². The first-order chi connectivity index (χ1) is 5.59. The zero-order valence-electron chi connectivity index (χ0n) is 7.96. The number of hydrogen-bond donors (Lipinski definition) is 0. The smallest absolute Gasteiger partial charge is 0.209 e. The Morgan fingerprint density at radius 1 is 1.50 bits per heavy atom. The van der Waals surface area contributed by atoms with Crippen molar-refractivity contribution in [2.24, 2.45) is 4.99 Å². The van der Waals surface area contributed by atoms with Gasteiger partial charge in [0.05, 0.1) is 0 Å². The molecule has 0 N–H and O–H groups in total. The maximum absolute atomic E-state index is 4.29. The van der Waals surface area contributed by atoms with Crippen LogP contribution in [0.2, 0.25) is 0 Å². The molecule has 12 heavy (non-hydrogen) atoms. The van der Waals surface area contributed by atoms with Gasteiger partial charge in [0.15, 0.2) is 0 Å². The molecule has 0 radical (unpaired) electrons. The highest BCUT2D eigenvalue weighted by molar-refractivity contribution is 7.15. The minimum absolute atomic E-state index is 0.559. The first kappa shape index (κ1) is 9.39. The highest BCUT2D eigenvalue weighted by Gasteiger charge is 2.03. The van der Waals surface area contributed by atoms with Gasteiger partial charge in [-0.2, -0.15) is 0 Å². The first-order valence-electron chi connectivity index (χ1n) is 4.07. The van der Waals surface area contributed by atoms with Gasteiger partial charge in [-0.15, -0.1) is 0 Å². The Kier molecular flexibility index (Phi) is 2.98. The zero-order valence-corrected chi connectivity index (χ0v) is 8.77. The van der Waals surface area contributed by atoms with E-state index in [1.165, 1.54) is 4.88 Å². The summed E-state index contributed by atoms with van der Waals surface area (Å²) in [7, 11) is 0. The summed E-state index contributed by atoms with van der Waals surface area (Å²) in [5.74, 6) is 0.559. The van der Waals surface area contributed by atoms with E-state index in [1.54, 1.807) is 11.3 Å². The van der Waals surface area contributed by atoms with Crippen LogP contribution in [0, 0.1) is 0 Å². The molecular formula is C9H14N2S. The summed E-state index contributed by atoms with van der Waals surface area (Å²) < 4.78 is 0. The van der Waals surface area contributed by atoms with E-state index in [2.05, 4.69) is 23.8 Å². The number of thiazole rings is 1. The molecule has 2 nitrogen and oxygen atoms in total. The molecule has 0 atom stereocenters. The van der Waals surface area contributed by atoms with E-state index in [0.29, 0.717) is 5.92 Å². The molecule has 0 aliphatic carbocycles. The summed E-state index contributed by atoms with van der Waals surface area (Å²) in [5.41, 5.74) is 1.06. The van der Waals surface area contributed by atoms with Crippen molar-refractivity contribution >= 4 is 22.2 Å². The number of hydrogen-bond acceptors (Lipinski definition) is 3. The van der Waals surface area contributed by atoms with Crippen molar-refractivity contribution in [3.8, 4) is 0 Å². The van der Waals surface area contributed by atoms with Crippen LogP contribution in [0.3, 0.4) is 0 Å². The Balaban J connectivity index is 2.85. The highest BCUT2D eigenvalue weighted by Crippen LogP contribution is 2.27. The predicted molar refractivity (Wildman–Crippen MR) is 54.6 cm³/mol. The summed E-state index contributed by atoms with van der Waals surface area (Å²) in [6.07, 6.45) is 1.91. The van der Waals surface area contributed by atoms with Gasteiger partial charge >= 0.3 is 0 Å². The average molecular weight is 182 g/mol. The van der Waals surface area contributed by atoms with Crippen LogP contribution >= 0.6 is 11.3 Å². The van der Waals surface area contributed by atoms with Crippen LogP contribution in [0.25, 0.3) is 0 Å². The van der Waals surface area contributed by atoms with E-state index >= 15 is 0 Å². The number of aliphatic imine (C=N–C) groups is 1. The van der Waals surface area contributed by atoms with Crippen molar-refractivity contribution < 1.29 is 0 Å². The fourth-order valence-electron chi connectivity index (χ4n) is 0.787. The van der Waals surface area contributed by atoms with E-state index in [9.17, 15) is 0 Å². The molecule has 0 unspecified atom stereocenters. The topological polar surface area (TPSA) is 25.2 Å². The number of aromatic nitrogens is 1. The SMILES string of the molecule is CC(C)=Nc1ncc(C(C)C)s1. The lowest BCUT2D eigenvalue weighted by atomic mass is 10.2. The Hall–Kier alpha value is -0.700. The Morgan fingerprint density at radius 3 is 2.58 bits per heavy atom. The normalized spacial score (nSPS) is 10.4. The molecular weight excluding hydrogens is 168 g/mol. The summed E-state index contributed by atoms with van der Waals surface area (Å²) in [4.78, 5) is 9.80. The Bertz CT molecular complexity index is 282. The molecule has 0 saturated carbocycles. The van der Waals surface area contributed by atoms with E-state index in [-0.39, 0.29) is 0 Å². The van der Waals surface area contributed by atoms with Crippen molar-refractivity contribution in [1.82, 2.24) is 4.98 Å². The third-order valence-electron chi connectivity index (χ3n) is 1.40. The van der Waals surface area contributed by atoms with Crippen LogP contribution in [0.1, 0.15) is 38.5 Å². The van der Waals surface area contributed by atoms with Crippen LogP contribution in [-0.2, 0) is 0 Å². The minimum atomic E-state index is 0.559. The lowest BCUT2D eigenvalue weighted by Gasteiger charge is -1.95. The molecule has 0 bridgehead atoms. The average Bonchev–Trinajstić information content (AvgIpc) is 2.34. The van der Waals surface area contributed by atoms with E-state index in [4.69, 9.17) is 0 Å². The highest BCUT2D eigenvalue weighted by atomic mass is 32.1. The van der Waals surface area contributed by atoms with Gasteiger partial charge in [0, 0.05) is 16.8 Å². The largest absolute Gasteiger partial charge is 0.229 e. The van der Waals surface area contributed by atoms with Crippen molar-refractivity contribution in [2.75, 3.05) is 0 Å². The lowest BCUT2D eigenvalue weighted by Crippen LogP contribution is -1.77. The molecule has 0 saturated heterocycles. The maximum atomic E-state index is 4.29. The molecule has 0 spiro atoms. The van der Waals surface area contributed by atoms with Crippen molar-refractivity contribution in [3.05, 3.63) is 11.1 Å². The van der Waals surface area contributed by atoms with Gasteiger partial charge in [-0.3, -0.25) is 0 Å². The van der Waals surface area contributed by atoms with Crippen molar-refractivity contribution in [3.63, 3.8) is 0 Å². The molecule has 0 aliphatic rings. The lowest BCUT2D eigenvalue weighted by molar-refractivity contribution is 0.885. The molecule has 1 aromatic heterocycles. The van der Waals surface area contributed by atoms with Gasteiger partial charge in [-0.25, -0.2) is 9.98 Å². The monoisotopic (exact) mass is 182 g/mol. The molecule has 1 heterocycles. The summed E-state index contributed by atoms with van der Waals surface area (Å²) in [6.45, 7) is 8.30. The van der Waals surface area contributed by atoms with Gasteiger partial charge in [0.1, 0.15) is 0 Å². The predicted octanol–water partition coefficient (Wildman–Crippen LogP) is 3.38.